The van der Waals surface area contributed by atoms with E-state index in [0.717, 1.165) is 11.5 Å². The fourth-order valence-corrected chi connectivity index (χ4v) is 2.77. The second-order valence-corrected chi connectivity index (χ2v) is 5.93. The summed E-state index contributed by atoms with van der Waals surface area (Å²) in [5, 5.41) is 0. The first-order valence-corrected chi connectivity index (χ1v) is 7.96. The largest absolute Gasteiger partial charge is 0.366 e. The van der Waals surface area contributed by atoms with E-state index in [1.807, 2.05) is 4.90 Å². The Hall–Kier alpha value is -3.16. The fraction of sp³-hybridized carbons (Fsp3) is 0.294. The smallest absolute Gasteiger partial charge is 0.260 e. The topological polar surface area (TPSA) is 112 Å². The number of hydrogen-bond donors (Lipinski definition) is 2. The number of aromatic amines is 1. The average molecular weight is 341 g/mol. The van der Waals surface area contributed by atoms with Crippen LogP contribution in [-0.2, 0) is 0 Å². The Labute approximate surface area is 144 Å². The quantitative estimate of drug-likeness (QED) is 0.824. The van der Waals surface area contributed by atoms with Crippen LogP contribution in [0.5, 0.6) is 0 Å². The van der Waals surface area contributed by atoms with Crippen LogP contribution in [0.25, 0.3) is 0 Å². The van der Waals surface area contributed by atoms with Gasteiger partial charge in [-0.3, -0.25) is 14.4 Å². The van der Waals surface area contributed by atoms with Gasteiger partial charge < -0.3 is 20.5 Å². The van der Waals surface area contributed by atoms with Crippen LogP contribution in [0.2, 0.25) is 0 Å². The Kier molecular flexibility index (Phi) is 4.51. The van der Waals surface area contributed by atoms with Crippen LogP contribution < -0.4 is 16.2 Å². The molecule has 8 heteroatoms. The number of rotatable bonds is 3. The molecular weight excluding hydrogens is 322 g/mol. The van der Waals surface area contributed by atoms with E-state index in [2.05, 4.69) is 9.97 Å². The number of amides is 2. The van der Waals surface area contributed by atoms with Crippen LogP contribution in [-0.4, -0.2) is 52.9 Å². The van der Waals surface area contributed by atoms with Crippen molar-refractivity contribution >= 4 is 17.6 Å². The number of nitrogens with two attached hydrogens (primary N) is 1. The van der Waals surface area contributed by atoms with Crippen molar-refractivity contribution in [2.75, 3.05) is 31.1 Å². The summed E-state index contributed by atoms with van der Waals surface area (Å²) in [6, 6.07) is 6.65. The molecule has 8 nitrogen and oxygen atoms in total. The molecule has 3 heterocycles. The zero-order chi connectivity index (χ0) is 18.0. The summed E-state index contributed by atoms with van der Waals surface area (Å²) in [7, 11) is 0. The van der Waals surface area contributed by atoms with E-state index >= 15 is 0 Å². The normalized spacial score (nSPS) is 14.4. The van der Waals surface area contributed by atoms with Gasteiger partial charge in [-0.2, -0.15) is 0 Å². The lowest BCUT2D eigenvalue weighted by Gasteiger charge is -2.35. The van der Waals surface area contributed by atoms with Crippen LogP contribution in [0.1, 0.15) is 26.4 Å². The second kappa shape index (κ2) is 6.76. The number of primary amides is 1. The number of carbonyl (C=O) groups is 2. The molecule has 3 rings (SSSR count). The van der Waals surface area contributed by atoms with Crippen molar-refractivity contribution in [3.05, 3.63) is 57.6 Å². The highest BCUT2D eigenvalue weighted by molar-refractivity contribution is 5.94. The van der Waals surface area contributed by atoms with Crippen molar-refractivity contribution in [3.63, 3.8) is 0 Å². The highest BCUT2D eigenvalue weighted by Crippen LogP contribution is 2.15. The van der Waals surface area contributed by atoms with E-state index in [1.165, 1.54) is 6.20 Å². The molecule has 2 aromatic rings. The van der Waals surface area contributed by atoms with Gasteiger partial charge in [0.2, 0.25) is 5.91 Å². The first-order valence-electron chi connectivity index (χ1n) is 7.96. The van der Waals surface area contributed by atoms with E-state index in [1.54, 1.807) is 36.1 Å². The predicted molar refractivity (Wildman–Crippen MR) is 92.7 cm³/mol. The first kappa shape index (κ1) is 16.7. The summed E-state index contributed by atoms with van der Waals surface area (Å²) in [6.07, 6.45) is 1.45. The molecule has 3 N–H and O–H groups in total. The SMILES string of the molecule is Cc1ccc(C(=O)N2CCN(c3ccc(C(N)=O)cn3)CC2)c(=O)[nH]1. The number of anilines is 1. The predicted octanol–water partition coefficient (Wildman–Crippen LogP) is 0.140. The minimum absolute atomic E-state index is 0.156. The van der Waals surface area contributed by atoms with Crippen molar-refractivity contribution in [3.8, 4) is 0 Å². The van der Waals surface area contributed by atoms with E-state index in [-0.39, 0.29) is 17.0 Å². The summed E-state index contributed by atoms with van der Waals surface area (Å²) in [4.78, 5) is 46.1. The molecule has 1 aliphatic heterocycles. The molecule has 1 fully saturated rings. The molecule has 0 atom stereocenters. The number of H-pyrrole nitrogens is 1. The van der Waals surface area contributed by atoms with Crippen molar-refractivity contribution in [2.24, 2.45) is 5.73 Å². The van der Waals surface area contributed by atoms with E-state index < -0.39 is 5.91 Å². The fourth-order valence-electron chi connectivity index (χ4n) is 2.77. The number of pyridine rings is 2. The molecule has 0 spiro atoms. The van der Waals surface area contributed by atoms with Crippen molar-refractivity contribution in [2.45, 2.75) is 6.92 Å². The molecule has 130 valence electrons. The van der Waals surface area contributed by atoms with Crippen LogP contribution in [0, 0.1) is 6.92 Å². The molecule has 0 aliphatic carbocycles. The maximum absolute atomic E-state index is 12.5. The molecule has 0 bridgehead atoms. The Bertz CT molecular complexity index is 851. The van der Waals surface area contributed by atoms with Gasteiger partial charge in [0.1, 0.15) is 11.4 Å². The number of nitrogens with one attached hydrogen (secondary N) is 1. The third kappa shape index (κ3) is 3.52. The molecule has 0 unspecified atom stereocenters. The van der Waals surface area contributed by atoms with Crippen LogP contribution in [0.15, 0.2) is 35.3 Å². The van der Waals surface area contributed by atoms with Gasteiger partial charge in [0.25, 0.3) is 11.5 Å². The lowest BCUT2D eigenvalue weighted by atomic mass is 10.2. The molecular formula is C17H19N5O3. The van der Waals surface area contributed by atoms with Gasteiger partial charge in [-0.25, -0.2) is 4.98 Å². The maximum Gasteiger partial charge on any atom is 0.260 e. The molecule has 1 aliphatic rings. The number of hydrogen-bond acceptors (Lipinski definition) is 5. The van der Waals surface area contributed by atoms with Crippen molar-refractivity contribution in [1.82, 2.24) is 14.9 Å². The van der Waals surface area contributed by atoms with Gasteiger partial charge in [0, 0.05) is 38.1 Å². The van der Waals surface area contributed by atoms with Gasteiger partial charge in [-0.15, -0.1) is 0 Å². The Balaban J connectivity index is 1.66. The summed E-state index contributed by atoms with van der Waals surface area (Å²) in [6.45, 7) is 3.94. The highest BCUT2D eigenvalue weighted by atomic mass is 16.2. The Morgan fingerprint density at radius 3 is 2.40 bits per heavy atom. The summed E-state index contributed by atoms with van der Waals surface area (Å²) in [5.41, 5.74) is 6.07. The maximum atomic E-state index is 12.5. The average Bonchev–Trinajstić information content (AvgIpc) is 2.61. The lowest BCUT2D eigenvalue weighted by Crippen LogP contribution is -2.49. The standard InChI is InChI=1S/C17H19N5O3/c1-11-2-4-13(16(24)20-11)17(25)22-8-6-21(7-9-22)14-5-3-12(10-19-14)15(18)23/h2-5,10H,6-9H2,1H3,(H2,18,23)(H,20,24). The molecule has 0 radical (unpaired) electrons. The number of carbonyl (C=O) groups excluding carboxylic acids is 2. The van der Waals surface area contributed by atoms with E-state index in [9.17, 15) is 14.4 Å². The molecule has 0 saturated carbocycles. The number of nitrogens with zero attached hydrogens (tertiary/aromatic N) is 3. The zero-order valence-electron chi connectivity index (χ0n) is 13.9. The summed E-state index contributed by atoms with van der Waals surface area (Å²) < 4.78 is 0. The monoisotopic (exact) mass is 341 g/mol. The van der Waals surface area contributed by atoms with Gasteiger partial charge in [0.05, 0.1) is 5.56 Å². The Morgan fingerprint density at radius 2 is 1.84 bits per heavy atom. The molecule has 0 aromatic carbocycles. The lowest BCUT2D eigenvalue weighted by molar-refractivity contribution is 0.0744. The second-order valence-electron chi connectivity index (χ2n) is 5.93. The molecule has 1 saturated heterocycles. The molecule has 2 aromatic heterocycles. The molecule has 25 heavy (non-hydrogen) atoms. The zero-order valence-corrected chi connectivity index (χ0v) is 13.9. The summed E-state index contributed by atoms with van der Waals surface area (Å²) in [5.74, 6) is -0.0546. The van der Waals surface area contributed by atoms with Gasteiger partial charge >= 0.3 is 0 Å². The van der Waals surface area contributed by atoms with Gasteiger partial charge in [0.15, 0.2) is 0 Å². The van der Waals surface area contributed by atoms with Crippen molar-refractivity contribution in [1.29, 1.82) is 0 Å². The van der Waals surface area contributed by atoms with Crippen LogP contribution in [0.3, 0.4) is 0 Å². The minimum atomic E-state index is -0.516. The third-order valence-corrected chi connectivity index (χ3v) is 4.21. The van der Waals surface area contributed by atoms with Crippen molar-refractivity contribution < 1.29 is 9.59 Å². The number of aromatic nitrogens is 2. The molecule has 2 amide bonds. The number of aryl methyl sites for hydroxylation is 1. The van der Waals surface area contributed by atoms with E-state index in [0.29, 0.717) is 31.7 Å². The van der Waals surface area contributed by atoms with Crippen LogP contribution >= 0.6 is 0 Å². The third-order valence-electron chi connectivity index (χ3n) is 4.21. The summed E-state index contributed by atoms with van der Waals surface area (Å²) >= 11 is 0. The first-order chi connectivity index (χ1) is 12.0. The van der Waals surface area contributed by atoms with Gasteiger partial charge in [-0.1, -0.05) is 0 Å². The van der Waals surface area contributed by atoms with Gasteiger partial charge in [-0.05, 0) is 31.2 Å². The number of piperazine rings is 1. The Morgan fingerprint density at radius 1 is 1.12 bits per heavy atom. The minimum Gasteiger partial charge on any atom is -0.366 e. The van der Waals surface area contributed by atoms with Crippen LogP contribution in [0.4, 0.5) is 5.82 Å². The highest BCUT2D eigenvalue weighted by Gasteiger charge is 2.24. The van der Waals surface area contributed by atoms with E-state index in [4.69, 9.17) is 5.73 Å².